The van der Waals surface area contributed by atoms with Crippen LogP contribution in [0.15, 0.2) is 29.2 Å². The van der Waals surface area contributed by atoms with Gasteiger partial charge in [-0.15, -0.1) is 0 Å². The summed E-state index contributed by atoms with van der Waals surface area (Å²) in [5.74, 6) is -2.13. The summed E-state index contributed by atoms with van der Waals surface area (Å²) >= 11 is 0. The Morgan fingerprint density at radius 1 is 1.07 bits per heavy atom. The van der Waals surface area contributed by atoms with Crippen molar-refractivity contribution in [2.45, 2.75) is 54.8 Å². The highest BCUT2D eigenvalue weighted by molar-refractivity contribution is 7.92. The van der Waals surface area contributed by atoms with Gasteiger partial charge in [0.15, 0.2) is 16.1 Å². The minimum absolute atomic E-state index is 0.145. The Morgan fingerprint density at radius 2 is 1.71 bits per heavy atom. The first-order chi connectivity index (χ1) is 13.3. The van der Waals surface area contributed by atoms with Crippen molar-refractivity contribution in [2.24, 2.45) is 11.8 Å². The highest BCUT2D eigenvalue weighted by Gasteiger charge is 2.61. The zero-order valence-electron chi connectivity index (χ0n) is 15.9. The van der Waals surface area contributed by atoms with E-state index in [9.17, 15) is 18.0 Å². The molecule has 0 radical (unpaired) electrons. The summed E-state index contributed by atoms with van der Waals surface area (Å²) < 4.78 is 44.1. The summed E-state index contributed by atoms with van der Waals surface area (Å²) in [6.45, 7) is 2.02. The van der Waals surface area contributed by atoms with Crippen molar-refractivity contribution in [3.63, 3.8) is 0 Å². The predicted octanol–water partition coefficient (Wildman–Crippen LogP) is 1.46. The number of aryl methyl sites for hydroxylation is 1. The number of Topliss-reactive ketones (excluding diaryl/α,β-unsaturated/α-hetero) is 2. The molecule has 28 heavy (non-hydrogen) atoms. The van der Waals surface area contributed by atoms with Gasteiger partial charge in [-0.1, -0.05) is 17.7 Å². The number of ketones is 2. The van der Waals surface area contributed by atoms with Crippen LogP contribution in [0.3, 0.4) is 0 Å². The van der Waals surface area contributed by atoms with Gasteiger partial charge in [-0.05, 0) is 25.5 Å². The number of fused-ring (bicyclic) bond motifs is 3. The van der Waals surface area contributed by atoms with Crippen molar-refractivity contribution >= 4 is 21.4 Å². The van der Waals surface area contributed by atoms with Crippen LogP contribution in [0.5, 0.6) is 0 Å². The summed E-state index contributed by atoms with van der Waals surface area (Å²) in [4.78, 5) is 25.4. The highest BCUT2D eigenvalue weighted by Crippen LogP contribution is 2.45. The number of methoxy groups -OCH3 is 1. The van der Waals surface area contributed by atoms with Crippen molar-refractivity contribution in [2.75, 3.05) is 13.7 Å². The number of hydrogen-bond donors (Lipinski definition) is 0. The fourth-order valence-electron chi connectivity index (χ4n) is 4.67. The number of benzene rings is 1. The van der Waals surface area contributed by atoms with E-state index in [2.05, 4.69) is 0 Å². The highest BCUT2D eigenvalue weighted by atomic mass is 32.2. The molecule has 1 aromatic carbocycles. The lowest BCUT2D eigenvalue weighted by Crippen LogP contribution is -2.67. The molecule has 1 aromatic rings. The molecule has 0 spiro atoms. The van der Waals surface area contributed by atoms with Gasteiger partial charge in [-0.25, -0.2) is 8.42 Å². The number of ether oxygens (including phenoxy) is 3. The van der Waals surface area contributed by atoms with Crippen molar-refractivity contribution in [3.05, 3.63) is 29.8 Å². The van der Waals surface area contributed by atoms with Gasteiger partial charge >= 0.3 is 0 Å². The van der Waals surface area contributed by atoms with Crippen LogP contribution in [0.4, 0.5) is 0 Å². The van der Waals surface area contributed by atoms with Crippen molar-refractivity contribution in [1.82, 2.24) is 0 Å². The smallest absolute Gasteiger partial charge is 0.185 e. The molecule has 0 aromatic heterocycles. The molecule has 4 aliphatic rings. The van der Waals surface area contributed by atoms with E-state index in [-0.39, 0.29) is 35.9 Å². The van der Waals surface area contributed by atoms with Crippen molar-refractivity contribution in [1.29, 1.82) is 0 Å². The van der Waals surface area contributed by atoms with Crippen molar-refractivity contribution < 1.29 is 32.2 Å². The van der Waals surface area contributed by atoms with Crippen LogP contribution in [0.2, 0.25) is 0 Å². The topological polar surface area (TPSA) is 96.0 Å². The first kappa shape index (κ1) is 19.7. The molecule has 2 bridgehead atoms. The Hall–Kier alpha value is -1.61. The van der Waals surface area contributed by atoms with E-state index in [1.54, 1.807) is 24.3 Å². The number of carbonyl (C=O) groups is 2. The zero-order chi connectivity index (χ0) is 20.1. The SMILES string of the molecule is CO[C@H]1O[C@@H]2CO[C@H]1[C@@H](S(=O)(=O)c1ccc(C)cc1)[C@@H]2C1C(=O)CCCC1=O. The third-order valence-corrected chi connectivity index (χ3v) is 8.26. The van der Waals surface area contributed by atoms with Crippen LogP contribution in [-0.2, 0) is 33.6 Å². The van der Waals surface area contributed by atoms with Gasteiger partial charge < -0.3 is 14.2 Å². The second-order valence-electron chi connectivity index (χ2n) is 7.74. The number of rotatable bonds is 4. The van der Waals surface area contributed by atoms with Crippen LogP contribution < -0.4 is 0 Å². The molecule has 5 rings (SSSR count). The summed E-state index contributed by atoms with van der Waals surface area (Å²) in [6.07, 6.45) is -1.34. The summed E-state index contributed by atoms with van der Waals surface area (Å²) in [5.41, 5.74) is 0.938. The fraction of sp³-hybridized carbons (Fsp3) is 0.600. The molecular formula is C20H24O7S. The Balaban J connectivity index is 1.81. The van der Waals surface area contributed by atoms with Crippen LogP contribution >= 0.6 is 0 Å². The third-order valence-electron chi connectivity index (χ3n) is 6.03. The monoisotopic (exact) mass is 408 g/mol. The Morgan fingerprint density at radius 3 is 2.32 bits per heavy atom. The zero-order valence-corrected chi connectivity index (χ0v) is 16.7. The second-order valence-corrected chi connectivity index (χ2v) is 9.85. The molecule has 4 fully saturated rings. The molecule has 0 amide bonds. The molecular weight excluding hydrogens is 384 g/mol. The number of sulfone groups is 1. The van der Waals surface area contributed by atoms with E-state index in [1.165, 1.54) is 7.11 Å². The van der Waals surface area contributed by atoms with Crippen LogP contribution in [0, 0.1) is 18.8 Å². The van der Waals surface area contributed by atoms with Gasteiger partial charge in [0.25, 0.3) is 0 Å². The third kappa shape index (κ3) is 3.12. The molecule has 3 heterocycles. The summed E-state index contributed by atoms with van der Waals surface area (Å²) in [7, 11) is -2.46. The molecule has 152 valence electrons. The average Bonchev–Trinajstić information content (AvgIpc) is 2.68. The van der Waals surface area contributed by atoms with Crippen LogP contribution in [0.1, 0.15) is 24.8 Å². The van der Waals surface area contributed by atoms with Crippen molar-refractivity contribution in [3.8, 4) is 0 Å². The molecule has 1 saturated carbocycles. The Labute approximate surface area is 164 Å². The van der Waals surface area contributed by atoms with E-state index < -0.39 is 45.4 Å². The maximum absolute atomic E-state index is 13.6. The molecule has 3 saturated heterocycles. The van der Waals surface area contributed by atoms with E-state index in [0.717, 1.165) is 5.56 Å². The normalized spacial score (nSPS) is 34.0. The minimum atomic E-state index is -3.89. The van der Waals surface area contributed by atoms with Gasteiger partial charge in [0.05, 0.1) is 23.5 Å². The molecule has 0 N–H and O–H groups in total. The average molecular weight is 408 g/mol. The quantitative estimate of drug-likeness (QED) is 0.696. The maximum Gasteiger partial charge on any atom is 0.185 e. The van der Waals surface area contributed by atoms with Gasteiger partial charge in [0.1, 0.15) is 22.9 Å². The lowest BCUT2D eigenvalue weighted by atomic mass is 9.71. The van der Waals surface area contributed by atoms with Gasteiger partial charge in [0.2, 0.25) is 0 Å². The molecule has 3 aliphatic heterocycles. The number of hydrogen-bond acceptors (Lipinski definition) is 7. The largest absolute Gasteiger partial charge is 0.369 e. The van der Waals surface area contributed by atoms with E-state index in [0.29, 0.717) is 6.42 Å². The van der Waals surface area contributed by atoms with Gasteiger partial charge in [-0.2, -0.15) is 0 Å². The van der Waals surface area contributed by atoms with Gasteiger partial charge in [-0.3, -0.25) is 9.59 Å². The maximum atomic E-state index is 13.6. The van der Waals surface area contributed by atoms with Crippen LogP contribution in [-0.4, -0.2) is 57.4 Å². The molecule has 7 nitrogen and oxygen atoms in total. The molecule has 8 heteroatoms. The Kier molecular flexibility index (Phi) is 5.16. The first-order valence-electron chi connectivity index (χ1n) is 9.50. The molecule has 5 atom stereocenters. The predicted molar refractivity (Wildman–Crippen MR) is 98.4 cm³/mol. The fourth-order valence-corrected chi connectivity index (χ4v) is 6.81. The van der Waals surface area contributed by atoms with E-state index >= 15 is 0 Å². The summed E-state index contributed by atoms with van der Waals surface area (Å²) in [5, 5.41) is -1.08. The van der Waals surface area contributed by atoms with E-state index in [4.69, 9.17) is 14.2 Å². The molecule has 1 aliphatic carbocycles. The standard InChI is InChI=1S/C20H24O7S/c1-11-6-8-12(9-7-11)28(23,24)19-17(16-13(21)4-3-5-14(16)22)15-10-26-18(19)20(25-2)27-15/h6-9,15-20H,3-5,10H2,1-2H3/t15-,17+,18+,19+,20+/m1/s1. The lowest BCUT2D eigenvalue weighted by molar-refractivity contribution is -0.311. The van der Waals surface area contributed by atoms with Crippen LogP contribution in [0.25, 0.3) is 0 Å². The first-order valence-corrected chi connectivity index (χ1v) is 11.0. The molecule has 0 unspecified atom stereocenters. The van der Waals surface area contributed by atoms with E-state index in [1.807, 2.05) is 6.92 Å². The Bertz CT molecular complexity index is 860. The number of carbonyl (C=O) groups excluding carboxylic acids is 2. The summed E-state index contributed by atoms with van der Waals surface area (Å²) in [6, 6.07) is 6.56. The minimum Gasteiger partial charge on any atom is -0.369 e. The lowest BCUT2D eigenvalue weighted by Gasteiger charge is -2.52. The second kappa shape index (κ2) is 7.33. The van der Waals surface area contributed by atoms with Gasteiger partial charge in [0, 0.05) is 25.9 Å².